The molecule has 2 atom stereocenters. The molecule has 1 aromatic rings. The SMILES string of the molecule is CC(C)[C@@H](C(=O)N[C@H]1CCS(=O)(=O)C1)N1C(=O)c2ccccc2C1=O. The maximum absolute atomic E-state index is 12.7. The molecule has 2 heterocycles. The molecule has 0 aliphatic carbocycles. The first-order valence-electron chi connectivity index (χ1n) is 8.19. The first kappa shape index (κ1) is 17.6. The van der Waals surface area contributed by atoms with Gasteiger partial charge in [0, 0.05) is 6.04 Å². The second-order valence-electron chi connectivity index (χ2n) is 6.82. The number of hydrogen-bond acceptors (Lipinski definition) is 5. The Hall–Kier alpha value is -2.22. The number of fused-ring (bicyclic) bond motifs is 1. The Balaban J connectivity index is 1.84. The van der Waals surface area contributed by atoms with Crippen LogP contribution in [0.15, 0.2) is 24.3 Å². The molecule has 0 saturated carbocycles. The normalized spacial score (nSPS) is 23.0. The molecule has 1 saturated heterocycles. The summed E-state index contributed by atoms with van der Waals surface area (Å²) in [5, 5.41) is 2.70. The van der Waals surface area contributed by atoms with Crippen LogP contribution in [0.4, 0.5) is 0 Å². The molecular weight excluding hydrogens is 344 g/mol. The van der Waals surface area contributed by atoms with Crippen LogP contribution >= 0.6 is 0 Å². The summed E-state index contributed by atoms with van der Waals surface area (Å²) in [6.45, 7) is 3.50. The molecule has 25 heavy (non-hydrogen) atoms. The number of nitrogens with one attached hydrogen (secondary N) is 1. The molecule has 8 heteroatoms. The van der Waals surface area contributed by atoms with E-state index in [0.717, 1.165) is 4.90 Å². The van der Waals surface area contributed by atoms with Gasteiger partial charge in [-0.2, -0.15) is 0 Å². The summed E-state index contributed by atoms with van der Waals surface area (Å²) < 4.78 is 23.1. The maximum atomic E-state index is 12.7. The summed E-state index contributed by atoms with van der Waals surface area (Å²) in [6.07, 6.45) is 0.348. The van der Waals surface area contributed by atoms with Crippen molar-refractivity contribution in [2.24, 2.45) is 5.92 Å². The molecule has 0 radical (unpaired) electrons. The molecule has 3 rings (SSSR count). The van der Waals surface area contributed by atoms with Crippen molar-refractivity contribution in [3.8, 4) is 0 Å². The third-order valence-electron chi connectivity index (χ3n) is 4.58. The van der Waals surface area contributed by atoms with Gasteiger partial charge in [-0.05, 0) is 24.5 Å². The van der Waals surface area contributed by atoms with Gasteiger partial charge in [0.25, 0.3) is 11.8 Å². The summed E-state index contributed by atoms with van der Waals surface area (Å²) in [5.41, 5.74) is 0.573. The maximum Gasteiger partial charge on any atom is 0.262 e. The predicted octanol–water partition coefficient (Wildman–Crippen LogP) is 0.611. The number of hydrogen-bond donors (Lipinski definition) is 1. The van der Waals surface area contributed by atoms with Crippen LogP contribution in [0.1, 0.15) is 41.0 Å². The number of nitrogens with zero attached hydrogens (tertiary/aromatic N) is 1. The summed E-state index contributed by atoms with van der Waals surface area (Å²) in [6, 6.07) is 5.01. The van der Waals surface area contributed by atoms with Crippen LogP contribution in [-0.4, -0.2) is 54.6 Å². The van der Waals surface area contributed by atoms with Crippen LogP contribution in [-0.2, 0) is 14.6 Å². The Morgan fingerprint density at radius 3 is 2.16 bits per heavy atom. The lowest BCUT2D eigenvalue weighted by Gasteiger charge is -2.29. The van der Waals surface area contributed by atoms with Crippen LogP contribution in [0.25, 0.3) is 0 Å². The average molecular weight is 364 g/mol. The molecule has 134 valence electrons. The molecule has 1 N–H and O–H groups in total. The molecule has 0 spiro atoms. The third kappa shape index (κ3) is 3.18. The van der Waals surface area contributed by atoms with E-state index in [1.54, 1.807) is 38.1 Å². The fraction of sp³-hybridized carbons (Fsp3) is 0.471. The van der Waals surface area contributed by atoms with Crippen molar-refractivity contribution in [1.82, 2.24) is 10.2 Å². The fourth-order valence-electron chi connectivity index (χ4n) is 3.37. The molecule has 2 aliphatic heterocycles. The Kier molecular flexibility index (Phi) is 4.40. The van der Waals surface area contributed by atoms with E-state index in [1.165, 1.54) is 0 Å². The zero-order chi connectivity index (χ0) is 18.4. The smallest absolute Gasteiger partial charge is 0.262 e. The summed E-state index contributed by atoms with van der Waals surface area (Å²) in [4.78, 5) is 39.0. The van der Waals surface area contributed by atoms with Gasteiger partial charge in [-0.15, -0.1) is 0 Å². The minimum absolute atomic E-state index is 0.0390. The van der Waals surface area contributed by atoms with Gasteiger partial charge in [-0.3, -0.25) is 19.3 Å². The second-order valence-corrected chi connectivity index (χ2v) is 9.05. The number of sulfone groups is 1. The number of imide groups is 1. The number of carbonyl (C=O) groups excluding carboxylic acids is 3. The largest absolute Gasteiger partial charge is 0.350 e. The molecular formula is C17H20N2O5S. The van der Waals surface area contributed by atoms with Crippen molar-refractivity contribution in [2.45, 2.75) is 32.4 Å². The van der Waals surface area contributed by atoms with Crippen molar-refractivity contribution in [3.63, 3.8) is 0 Å². The standard InChI is InChI=1S/C17H20N2O5S/c1-10(2)14(15(20)18-11-7-8-25(23,24)9-11)19-16(21)12-5-3-4-6-13(12)17(19)22/h3-6,10-11,14H,7-9H2,1-2H3,(H,18,20)/t11-,14-/m0/s1. The monoisotopic (exact) mass is 364 g/mol. The van der Waals surface area contributed by atoms with Crippen molar-refractivity contribution < 1.29 is 22.8 Å². The molecule has 0 unspecified atom stereocenters. The number of carbonyl (C=O) groups is 3. The number of amides is 3. The predicted molar refractivity (Wildman–Crippen MR) is 90.8 cm³/mol. The quantitative estimate of drug-likeness (QED) is 0.789. The van der Waals surface area contributed by atoms with E-state index < -0.39 is 39.6 Å². The topological polar surface area (TPSA) is 101 Å². The fourth-order valence-corrected chi connectivity index (χ4v) is 5.05. The lowest BCUT2D eigenvalue weighted by molar-refractivity contribution is -0.126. The van der Waals surface area contributed by atoms with Crippen LogP contribution in [0, 0.1) is 5.92 Å². The average Bonchev–Trinajstić information content (AvgIpc) is 2.99. The highest BCUT2D eigenvalue weighted by Gasteiger charge is 2.44. The van der Waals surface area contributed by atoms with Gasteiger partial charge < -0.3 is 5.32 Å². The Labute approximate surface area is 146 Å². The number of benzene rings is 1. The van der Waals surface area contributed by atoms with E-state index in [1.807, 2.05) is 0 Å². The van der Waals surface area contributed by atoms with E-state index in [9.17, 15) is 22.8 Å². The zero-order valence-corrected chi connectivity index (χ0v) is 14.9. The first-order chi connectivity index (χ1) is 11.7. The summed E-state index contributed by atoms with van der Waals surface area (Å²) in [7, 11) is -3.13. The van der Waals surface area contributed by atoms with Crippen LogP contribution in [0.2, 0.25) is 0 Å². The van der Waals surface area contributed by atoms with Gasteiger partial charge in [0.05, 0.1) is 22.6 Å². The van der Waals surface area contributed by atoms with Crippen molar-refractivity contribution in [3.05, 3.63) is 35.4 Å². The van der Waals surface area contributed by atoms with E-state index in [2.05, 4.69) is 5.32 Å². The van der Waals surface area contributed by atoms with Gasteiger partial charge >= 0.3 is 0 Å². The molecule has 0 aromatic heterocycles. The molecule has 7 nitrogen and oxygen atoms in total. The Bertz CT molecular complexity index is 811. The lowest BCUT2D eigenvalue weighted by atomic mass is 10.0. The van der Waals surface area contributed by atoms with Gasteiger partial charge in [0.15, 0.2) is 9.84 Å². The van der Waals surface area contributed by atoms with E-state index in [-0.39, 0.29) is 28.6 Å². The van der Waals surface area contributed by atoms with Crippen LogP contribution in [0.3, 0.4) is 0 Å². The van der Waals surface area contributed by atoms with Gasteiger partial charge in [-0.25, -0.2) is 8.42 Å². The Morgan fingerprint density at radius 1 is 1.16 bits per heavy atom. The highest BCUT2D eigenvalue weighted by molar-refractivity contribution is 7.91. The molecule has 2 aliphatic rings. The van der Waals surface area contributed by atoms with E-state index >= 15 is 0 Å². The molecule has 1 aromatic carbocycles. The van der Waals surface area contributed by atoms with Crippen molar-refractivity contribution >= 4 is 27.6 Å². The van der Waals surface area contributed by atoms with E-state index in [0.29, 0.717) is 6.42 Å². The molecule has 1 fully saturated rings. The summed E-state index contributed by atoms with van der Waals surface area (Å²) in [5.74, 6) is -1.85. The van der Waals surface area contributed by atoms with Gasteiger partial charge in [-0.1, -0.05) is 26.0 Å². The minimum atomic E-state index is -3.13. The highest BCUT2D eigenvalue weighted by atomic mass is 32.2. The number of rotatable bonds is 4. The van der Waals surface area contributed by atoms with E-state index in [4.69, 9.17) is 0 Å². The summed E-state index contributed by atoms with van der Waals surface area (Å²) >= 11 is 0. The minimum Gasteiger partial charge on any atom is -0.350 e. The third-order valence-corrected chi connectivity index (χ3v) is 6.35. The van der Waals surface area contributed by atoms with Crippen molar-refractivity contribution in [1.29, 1.82) is 0 Å². The lowest BCUT2D eigenvalue weighted by Crippen LogP contribution is -2.54. The van der Waals surface area contributed by atoms with Crippen LogP contribution in [0.5, 0.6) is 0 Å². The molecule has 0 bridgehead atoms. The zero-order valence-electron chi connectivity index (χ0n) is 14.1. The van der Waals surface area contributed by atoms with Crippen LogP contribution < -0.4 is 5.32 Å². The highest BCUT2D eigenvalue weighted by Crippen LogP contribution is 2.27. The van der Waals surface area contributed by atoms with Gasteiger partial charge in [0.1, 0.15) is 6.04 Å². The van der Waals surface area contributed by atoms with Crippen molar-refractivity contribution in [2.75, 3.05) is 11.5 Å². The first-order valence-corrected chi connectivity index (χ1v) is 10.0. The second kappa shape index (κ2) is 6.25. The van der Waals surface area contributed by atoms with Gasteiger partial charge in [0.2, 0.25) is 5.91 Å². The Morgan fingerprint density at radius 2 is 1.72 bits per heavy atom. The molecule has 3 amide bonds.